The summed E-state index contributed by atoms with van der Waals surface area (Å²) in [6.45, 7) is 3.56. The molecule has 3 heteroatoms. The zero-order valence-electron chi connectivity index (χ0n) is 11.9. The average Bonchev–Trinajstić information content (AvgIpc) is 3.16. The molecule has 0 unspecified atom stereocenters. The molecule has 0 aliphatic carbocycles. The number of hydrogen-bond acceptors (Lipinski definition) is 3. The molecule has 2 aromatic heterocycles. The van der Waals surface area contributed by atoms with Crippen molar-refractivity contribution >= 4 is 21.6 Å². The number of benzene rings is 1. The van der Waals surface area contributed by atoms with Crippen LogP contribution in [0.15, 0.2) is 42.6 Å². The van der Waals surface area contributed by atoms with Crippen molar-refractivity contribution in [1.82, 2.24) is 9.88 Å². The molecule has 3 aromatic rings. The Morgan fingerprint density at radius 1 is 1.19 bits per heavy atom. The maximum Gasteiger partial charge on any atom is 0.0822 e. The van der Waals surface area contributed by atoms with E-state index in [2.05, 4.69) is 46.3 Å². The monoisotopic (exact) mass is 293 g/mol. The van der Waals surface area contributed by atoms with E-state index in [0.29, 0.717) is 0 Å². The number of nitrogens with zero attached hydrogens (tertiary/aromatic N) is 2. The van der Waals surface area contributed by atoms with Crippen molar-refractivity contribution in [2.75, 3.05) is 13.1 Å². The van der Waals surface area contributed by atoms with Crippen molar-refractivity contribution < 1.29 is 0 Å². The largest absolute Gasteiger partial charge is 0.299 e. The van der Waals surface area contributed by atoms with Crippen molar-refractivity contribution in [1.29, 1.82) is 0 Å². The minimum absolute atomic E-state index is 1.04. The molecule has 2 nitrogen and oxygen atoms in total. The molecule has 0 amide bonds. The predicted molar refractivity (Wildman–Crippen MR) is 88.4 cm³/mol. The summed E-state index contributed by atoms with van der Waals surface area (Å²) in [5.74, 6) is 0. The van der Waals surface area contributed by atoms with Crippen LogP contribution in [0, 0.1) is 6.07 Å². The Balaban J connectivity index is 1.64. The third-order valence-corrected chi connectivity index (χ3v) is 5.14. The molecule has 21 heavy (non-hydrogen) atoms. The van der Waals surface area contributed by atoms with Crippen LogP contribution in [0.1, 0.15) is 18.4 Å². The van der Waals surface area contributed by atoms with Gasteiger partial charge in [-0.15, -0.1) is 11.3 Å². The SMILES string of the molecule is [c]1ccnc2cc(-c3cccc(CN4CCCC4)c3)sc12. The van der Waals surface area contributed by atoms with Gasteiger partial charge in [0.15, 0.2) is 0 Å². The lowest BCUT2D eigenvalue weighted by Gasteiger charge is -2.14. The van der Waals surface area contributed by atoms with Gasteiger partial charge in [-0.2, -0.15) is 0 Å². The van der Waals surface area contributed by atoms with Crippen LogP contribution in [0.3, 0.4) is 0 Å². The fourth-order valence-corrected chi connectivity index (χ4v) is 3.95. The van der Waals surface area contributed by atoms with E-state index in [1.54, 1.807) is 11.3 Å². The van der Waals surface area contributed by atoms with E-state index in [4.69, 9.17) is 0 Å². The molecule has 1 aliphatic heterocycles. The van der Waals surface area contributed by atoms with Crippen LogP contribution in [-0.2, 0) is 6.54 Å². The van der Waals surface area contributed by atoms with Crippen molar-refractivity contribution in [2.45, 2.75) is 19.4 Å². The standard InChI is InChI=1S/C18H17N2S/c1-2-10-20(9-1)13-14-5-3-6-15(11-14)18-12-16-17(21-18)7-4-8-19-16/h3-6,8,11-12H,1-2,9-10,13H2. The van der Waals surface area contributed by atoms with Crippen LogP contribution in [0.25, 0.3) is 20.7 Å². The Labute approximate surface area is 129 Å². The molecule has 3 heterocycles. The third-order valence-electron chi connectivity index (χ3n) is 4.03. The van der Waals surface area contributed by atoms with Crippen molar-refractivity contribution in [3.63, 3.8) is 0 Å². The van der Waals surface area contributed by atoms with Gasteiger partial charge >= 0.3 is 0 Å². The highest BCUT2D eigenvalue weighted by molar-refractivity contribution is 7.22. The fraction of sp³-hybridized carbons (Fsp3) is 0.278. The third kappa shape index (κ3) is 2.71. The highest BCUT2D eigenvalue weighted by Crippen LogP contribution is 2.32. The van der Waals surface area contributed by atoms with Crippen molar-refractivity contribution in [2.24, 2.45) is 0 Å². The van der Waals surface area contributed by atoms with Crippen molar-refractivity contribution in [3.05, 3.63) is 54.2 Å². The molecule has 1 aliphatic rings. The summed E-state index contributed by atoms with van der Waals surface area (Å²) in [7, 11) is 0. The van der Waals surface area contributed by atoms with Gasteiger partial charge in [-0.1, -0.05) is 18.2 Å². The second kappa shape index (κ2) is 5.58. The lowest BCUT2D eigenvalue weighted by Crippen LogP contribution is -2.18. The van der Waals surface area contributed by atoms with Gasteiger partial charge in [-0.05, 0) is 55.3 Å². The quantitative estimate of drug-likeness (QED) is 0.713. The Bertz CT molecular complexity index is 724. The number of aromatic nitrogens is 1. The van der Waals surface area contributed by atoms with E-state index in [-0.39, 0.29) is 0 Å². The van der Waals surface area contributed by atoms with Crippen LogP contribution in [-0.4, -0.2) is 23.0 Å². The van der Waals surface area contributed by atoms with Crippen molar-refractivity contribution in [3.8, 4) is 10.4 Å². The number of fused-ring (bicyclic) bond motifs is 1. The molecule has 1 radical (unpaired) electrons. The van der Waals surface area contributed by atoms with Gasteiger partial charge in [0.05, 0.1) is 10.2 Å². The minimum Gasteiger partial charge on any atom is -0.299 e. The molecular formula is C18H17N2S. The smallest absolute Gasteiger partial charge is 0.0822 e. The highest BCUT2D eigenvalue weighted by atomic mass is 32.1. The molecule has 0 saturated carbocycles. The van der Waals surface area contributed by atoms with Crippen LogP contribution in [0.2, 0.25) is 0 Å². The molecule has 0 bridgehead atoms. The number of thiophene rings is 1. The molecule has 105 valence electrons. The number of hydrogen-bond donors (Lipinski definition) is 0. The summed E-state index contributed by atoms with van der Waals surface area (Å²) in [6, 6.07) is 16.2. The maximum atomic E-state index is 4.40. The molecule has 1 saturated heterocycles. The summed E-state index contributed by atoms with van der Waals surface area (Å²) >= 11 is 1.77. The van der Waals surface area contributed by atoms with Gasteiger partial charge in [-0.3, -0.25) is 9.88 Å². The maximum absolute atomic E-state index is 4.40. The summed E-state index contributed by atoms with van der Waals surface area (Å²) in [5, 5.41) is 0. The summed E-state index contributed by atoms with van der Waals surface area (Å²) in [5.41, 5.74) is 3.74. The zero-order valence-corrected chi connectivity index (χ0v) is 12.7. The minimum atomic E-state index is 1.04. The molecule has 0 N–H and O–H groups in total. The van der Waals surface area contributed by atoms with Gasteiger partial charge in [0.1, 0.15) is 0 Å². The van der Waals surface area contributed by atoms with Crippen LogP contribution < -0.4 is 0 Å². The molecule has 1 aromatic carbocycles. The Kier molecular flexibility index (Phi) is 3.45. The van der Waals surface area contributed by atoms with E-state index in [1.165, 1.54) is 41.9 Å². The Morgan fingerprint density at radius 2 is 2.10 bits per heavy atom. The van der Waals surface area contributed by atoms with Gasteiger partial charge in [-0.25, -0.2) is 0 Å². The Hall–Kier alpha value is -1.71. The van der Waals surface area contributed by atoms with E-state index in [9.17, 15) is 0 Å². The van der Waals surface area contributed by atoms with Gasteiger partial charge in [0, 0.05) is 23.7 Å². The Morgan fingerprint density at radius 3 is 2.95 bits per heavy atom. The van der Waals surface area contributed by atoms with Gasteiger partial charge in [0.25, 0.3) is 0 Å². The normalized spacial score (nSPS) is 15.8. The lowest BCUT2D eigenvalue weighted by molar-refractivity contribution is 0.331. The second-order valence-corrected chi connectivity index (χ2v) is 6.65. The van der Waals surface area contributed by atoms with E-state index < -0.39 is 0 Å². The first-order valence-electron chi connectivity index (χ1n) is 7.46. The number of rotatable bonds is 3. The molecule has 0 atom stereocenters. The topological polar surface area (TPSA) is 16.1 Å². The van der Waals surface area contributed by atoms with Gasteiger partial charge < -0.3 is 0 Å². The summed E-state index contributed by atoms with van der Waals surface area (Å²) in [4.78, 5) is 8.23. The van der Waals surface area contributed by atoms with Gasteiger partial charge in [0.2, 0.25) is 0 Å². The fourth-order valence-electron chi connectivity index (χ4n) is 2.98. The molecule has 1 fully saturated rings. The number of pyridine rings is 1. The first-order chi connectivity index (χ1) is 10.4. The first kappa shape index (κ1) is 13.0. The van der Waals surface area contributed by atoms with E-state index in [1.807, 2.05) is 12.3 Å². The molecule has 4 rings (SSSR count). The molecular weight excluding hydrogens is 276 g/mol. The van der Waals surface area contributed by atoms with E-state index in [0.717, 1.165) is 16.8 Å². The van der Waals surface area contributed by atoms with Crippen LogP contribution in [0.4, 0.5) is 0 Å². The lowest BCUT2D eigenvalue weighted by atomic mass is 10.1. The predicted octanol–water partition coefficient (Wildman–Crippen LogP) is 4.36. The van der Waals surface area contributed by atoms with E-state index >= 15 is 0 Å². The molecule has 0 spiro atoms. The van der Waals surface area contributed by atoms with Crippen LogP contribution >= 0.6 is 11.3 Å². The highest BCUT2D eigenvalue weighted by Gasteiger charge is 2.12. The zero-order chi connectivity index (χ0) is 14.1. The summed E-state index contributed by atoms with van der Waals surface area (Å²) < 4.78 is 1.14. The average molecular weight is 293 g/mol. The number of likely N-dealkylation sites (tertiary alicyclic amines) is 1. The first-order valence-corrected chi connectivity index (χ1v) is 8.28. The van der Waals surface area contributed by atoms with Crippen LogP contribution in [0.5, 0.6) is 0 Å². The summed E-state index contributed by atoms with van der Waals surface area (Å²) in [6.07, 6.45) is 4.50. The second-order valence-electron chi connectivity index (χ2n) is 5.60.